The first-order valence-corrected chi connectivity index (χ1v) is 8.17. The molecule has 0 aromatic carbocycles. The number of nitrogens with zero attached hydrogens (tertiary/aromatic N) is 2. The number of aromatic nitrogens is 1. The number of morpholine rings is 1. The van der Waals surface area contributed by atoms with Gasteiger partial charge in [-0.25, -0.2) is 4.98 Å². The molecule has 22 heavy (non-hydrogen) atoms. The molecule has 0 radical (unpaired) electrons. The van der Waals surface area contributed by atoms with Gasteiger partial charge >= 0.3 is 5.97 Å². The zero-order valence-corrected chi connectivity index (χ0v) is 14.1. The van der Waals surface area contributed by atoms with Crippen LogP contribution in [0.2, 0.25) is 0 Å². The van der Waals surface area contributed by atoms with E-state index in [0.717, 1.165) is 10.7 Å². The van der Waals surface area contributed by atoms with Crippen molar-refractivity contribution in [3.63, 3.8) is 0 Å². The molecule has 0 spiro atoms. The second kappa shape index (κ2) is 6.34. The van der Waals surface area contributed by atoms with E-state index in [9.17, 15) is 9.59 Å². The molecule has 122 valence electrons. The molecule has 1 aliphatic rings. The van der Waals surface area contributed by atoms with Crippen LogP contribution in [-0.2, 0) is 19.7 Å². The summed E-state index contributed by atoms with van der Waals surface area (Å²) in [7, 11) is 0. The summed E-state index contributed by atoms with van der Waals surface area (Å²) in [4.78, 5) is 29.3. The Kier molecular flexibility index (Phi) is 4.87. The first-order chi connectivity index (χ1) is 10.2. The highest BCUT2D eigenvalue weighted by Crippen LogP contribution is 2.30. The summed E-state index contributed by atoms with van der Waals surface area (Å²) in [6.07, 6.45) is -0.278. The second-order valence-electron chi connectivity index (χ2n) is 6.52. The van der Waals surface area contributed by atoms with Crippen molar-refractivity contribution in [3.8, 4) is 0 Å². The number of carbonyl (C=O) groups excluding carboxylic acids is 1. The topological polar surface area (TPSA) is 79.7 Å². The Labute approximate surface area is 134 Å². The fraction of sp³-hybridized carbons (Fsp3) is 0.667. The van der Waals surface area contributed by atoms with Crippen LogP contribution in [0, 0.1) is 5.92 Å². The third kappa shape index (κ3) is 3.64. The molecule has 1 aromatic heterocycles. The molecular weight excluding hydrogens is 304 g/mol. The predicted octanol–water partition coefficient (Wildman–Crippen LogP) is 2.06. The van der Waals surface area contributed by atoms with Crippen LogP contribution >= 0.6 is 11.3 Å². The lowest BCUT2D eigenvalue weighted by molar-refractivity contribution is -0.154. The summed E-state index contributed by atoms with van der Waals surface area (Å²) in [5.41, 5.74) is 0.968. The third-order valence-electron chi connectivity index (χ3n) is 3.68. The van der Waals surface area contributed by atoms with E-state index in [1.807, 2.05) is 5.38 Å². The van der Waals surface area contributed by atoms with Crippen LogP contribution in [0.5, 0.6) is 0 Å². The Morgan fingerprint density at radius 1 is 1.50 bits per heavy atom. The Bertz CT molecular complexity index is 564. The predicted molar refractivity (Wildman–Crippen MR) is 82.9 cm³/mol. The smallest absolute Gasteiger partial charge is 0.315 e. The van der Waals surface area contributed by atoms with Crippen LogP contribution in [-0.4, -0.2) is 46.6 Å². The van der Waals surface area contributed by atoms with Crippen LogP contribution in [0.3, 0.4) is 0 Å². The second-order valence-corrected chi connectivity index (χ2v) is 7.41. The van der Waals surface area contributed by atoms with Crippen LogP contribution in [0.25, 0.3) is 0 Å². The minimum absolute atomic E-state index is 0.0310. The highest BCUT2D eigenvalue weighted by molar-refractivity contribution is 7.09. The first kappa shape index (κ1) is 16.9. The molecule has 0 saturated carbocycles. The van der Waals surface area contributed by atoms with E-state index in [0.29, 0.717) is 19.7 Å². The minimum atomic E-state index is -1.10. The van der Waals surface area contributed by atoms with Gasteiger partial charge in [0.25, 0.3) is 0 Å². The molecule has 2 heterocycles. The lowest BCUT2D eigenvalue weighted by atomic mass is 9.93. The van der Waals surface area contributed by atoms with Crippen LogP contribution < -0.4 is 0 Å². The molecule has 1 fully saturated rings. The Balaban J connectivity index is 2.09. The van der Waals surface area contributed by atoms with Gasteiger partial charge in [-0.15, -0.1) is 11.3 Å². The number of rotatable bonds is 3. The monoisotopic (exact) mass is 326 g/mol. The first-order valence-electron chi connectivity index (χ1n) is 7.29. The molecule has 6 nitrogen and oxygen atoms in total. The summed E-state index contributed by atoms with van der Waals surface area (Å²) < 4.78 is 5.72. The van der Waals surface area contributed by atoms with E-state index in [4.69, 9.17) is 9.84 Å². The quantitative estimate of drug-likeness (QED) is 0.860. The number of aliphatic carboxylic acids is 1. The van der Waals surface area contributed by atoms with Crippen molar-refractivity contribution < 1.29 is 19.4 Å². The van der Waals surface area contributed by atoms with Crippen molar-refractivity contribution in [3.05, 3.63) is 16.1 Å². The highest BCUT2D eigenvalue weighted by Gasteiger charge is 2.32. The summed E-state index contributed by atoms with van der Waals surface area (Å²) in [5, 5.41) is 11.8. The Morgan fingerprint density at radius 3 is 2.73 bits per heavy atom. The number of carboxylic acids is 1. The molecule has 2 rings (SSSR count). The summed E-state index contributed by atoms with van der Waals surface area (Å²) in [6.45, 7) is 8.87. The summed E-state index contributed by atoms with van der Waals surface area (Å²) in [5.74, 6) is -2.49. The average Bonchev–Trinajstić information content (AvgIpc) is 2.95. The molecule has 1 saturated heterocycles. The molecular formula is C15H22N2O4S. The minimum Gasteiger partial charge on any atom is -0.481 e. The standard InChI is InChI=1S/C15H22N2O4S/c1-9(14(19)20)13(18)17-5-6-21-10(7-17)12-16-11(8-22-12)15(2,3)4/h8-10H,5-7H2,1-4H3,(H,19,20). The molecule has 1 aromatic rings. The van der Waals surface area contributed by atoms with Gasteiger partial charge in [-0.2, -0.15) is 0 Å². The largest absolute Gasteiger partial charge is 0.481 e. The van der Waals surface area contributed by atoms with Gasteiger partial charge in [0, 0.05) is 17.3 Å². The van der Waals surface area contributed by atoms with E-state index in [1.54, 1.807) is 4.90 Å². The van der Waals surface area contributed by atoms with E-state index >= 15 is 0 Å². The van der Waals surface area contributed by atoms with Gasteiger partial charge in [-0.05, 0) is 6.92 Å². The van der Waals surface area contributed by atoms with Gasteiger partial charge in [0.15, 0.2) is 0 Å². The molecule has 2 atom stereocenters. The maximum Gasteiger partial charge on any atom is 0.315 e. The zero-order chi connectivity index (χ0) is 16.5. The van der Waals surface area contributed by atoms with E-state index in [-0.39, 0.29) is 17.4 Å². The van der Waals surface area contributed by atoms with Crippen molar-refractivity contribution in [2.24, 2.45) is 5.92 Å². The molecule has 7 heteroatoms. The zero-order valence-electron chi connectivity index (χ0n) is 13.3. The maximum absolute atomic E-state index is 12.2. The lowest BCUT2D eigenvalue weighted by Crippen LogP contribution is -2.45. The third-order valence-corrected chi connectivity index (χ3v) is 4.62. The molecule has 2 unspecified atom stereocenters. The van der Waals surface area contributed by atoms with Crippen LogP contribution in [0.15, 0.2) is 5.38 Å². The van der Waals surface area contributed by atoms with Crippen molar-refractivity contribution in [1.29, 1.82) is 0 Å². The Morgan fingerprint density at radius 2 is 2.18 bits per heavy atom. The number of hydrogen-bond donors (Lipinski definition) is 1. The van der Waals surface area contributed by atoms with Crippen LogP contribution in [0.4, 0.5) is 0 Å². The fourth-order valence-electron chi connectivity index (χ4n) is 2.16. The fourth-order valence-corrected chi connectivity index (χ4v) is 3.24. The number of amides is 1. The molecule has 1 amide bonds. The van der Waals surface area contributed by atoms with Gasteiger partial charge in [0.2, 0.25) is 5.91 Å². The summed E-state index contributed by atoms with van der Waals surface area (Å²) in [6, 6.07) is 0. The number of carbonyl (C=O) groups is 2. The highest BCUT2D eigenvalue weighted by atomic mass is 32.1. The number of hydrogen-bond acceptors (Lipinski definition) is 5. The van der Waals surface area contributed by atoms with Crippen molar-refractivity contribution in [2.45, 2.75) is 39.2 Å². The SMILES string of the molecule is CC(C(=O)O)C(=O)N1CCOC(c2nc(C(C)(C)C)cs2)C1. The number of thiazole rings is 1. The molecule has 0 bridgehead atoms. The van der Waals surface area contributed by atoms with Crippen LogP contribution in [0.1, 0.15) is 44.5 Å². The summed E-state index contributed by atoms with van der Waals surface area (Å²) >= 11 is 1.52. The molecule has 1 aliphatic heterocycles. The van der Waals surface area contributed by atoms with E-state index in [1.165, 1.54) is 18.3 Å². The van der Waals surface area contributed by atoms with Gasteiger partial charge in [-0.1, -0.05) is 20.8 Å². The lowest BCUT2D eigenvalue weighted by Gasteiger charge is -2.33. The van der Waals surface area contributed by atoms with Gasteiger partial charge < -0.3 is 14.7 Å². The van der Waals surface area contributed by atoms with Gasteiger partial charge in [-0.3, -0.25) is 9.59 Å². The average molecular weight is 326 g/mol. The van der Waals surface area contributed by atoms with Gasteiger partial charge in [0.1, 0.15) is 17.0 Å². The van der Waals surface area contributed by atoms with Crippen molar-refractivity contribution >= 4 is 23.2 Å². The number of ether oxygens (including phenoxy) is 1. The van der Waals surface area contributed by atoms with Gasteiger partial charge in [0.05, 0.1) is 18.8 Å². The normalized spacial score (nSPS) is 20.7. The molecule has 1 N–H and O–H groups in total. The Hall–Kier alpha value is -1.47. The van der Waals surface area contributed by atoms with E-state index < -0.39 is 11.9 Å². The van der Waals surface area contributed by atoms with E-state index in [2.05, 4.69) is 25.8 Å². The van der Waals surface area contributed by atoms with Crippen molar-refractivity contribution in [2.75, 3.05) is 19.7 Å². The maximum atomic E-state index is 12.2. The molecule has 0 aliphatic carbocycles. The van der Waals surface area contributed by atoms with Crippen molar-refractivity contribution in [1.82, 2.24) is 9.88 Å². The number of carboxylic acid groups (broad SMARTS) is 1.